The highest BCUT2D eigenvalue weighted by Crippen LogP contribution is 2.34. The van der Waals surface area contributed by atoms with E-state index in [1.807, 2.05) is 48.2 Å². The van der Waals surface area contributed by atoms with Crippen molar-refractivity contribution in [1.82, 2.24) is 14.1 Å². The third kappa shape index (κ3) is 3.12. The van der Waals surface area contributed by atoms with E-state index in [0.717, 1.165) is 11.0 Å². The topological polar surface area (TPSA) is 89.4 Å². The molecule has 4 rings (SSSR count). The van der Waals surface area contributed by atoms with Crippen LogP contribution >= 0.6 is 0 Å². The molecule has 4 aromatic rings. The van der Waals surface area contributed by atoms with Crippen LogP contribution in [0.1, 0.15) is 27.7 Å². The van der Waals surface area contributed by atoms with Crippen molar-refractivity contribution >= 4 is 28.6 Å². The van der Waals surface area contributed by atoms with Crippen LogP contribution in [0.4, 0.5) is 5.69 Å². The van der Waals surface area contributed by atoms with Crippen molar-refractivity contribution in [2.75, 3.05) is 5.32 Å². The predicted molar refractivity (Wildman–Crippen MR) is 109 cm³/mol. The highest BCUT2D eigenvalue weighted by atomic mass is 16.5. The third-order valence-electron chi connectivity index (χ3n) is 4.57. The summed E-state index contributed by atoms with van der Waals surface area (Å²) in [5.41, 5.74) is 2.91. The lowest BCUT2D eigenvalue weighted by molar-refractivity contribution is -0.130. The molecule has 0 saturated carbocycles. The summed E-state index contributed by atoms with van der Waals surface area (Å²) in [6.45, 7) is 10.7. The number of benzene rings is 2. The van der Waals surface area contributed by atoms with Crippen LogP contribution in [0.25, 0.3) is 16.7 Å². The molecule has 2 heterocycles. The number of phenols is 1. The van der Waals surface area contributed by atoms with E-state index in [1.165, 1.54) is 6.07 Å². The summed E-state index contributed by atoms with van der Waals surface area (Å²) in [7, 11) is 0. The minimum absolute atomic E-state index is 0.0291. The maximum Gasteiger partial charge on any atom is 0.338 e. The Bertz CT molecular complexity index is 1270. The number of hydrogen-bond donors (Lipinski definition) is 2. The summed E-state index contributed by atoms with van der Waals surface area (Å²) in [6, 6.07) is 10.3. The van der Waals surface area contributed by atoms with Crippen LogP contribution in [0.2, 0.25) is 0 Å². The van der Waals surface area contributed by atoms with Crippen molar-refractivity contribution in [2.45, 2.75) is 27.7 Å². The molecule has 8 heteroatoms. The summed E-state index contributed by atoms with van der Waals surface area (Å²) in [5, 5.41) is 13.3. The van der Waals surface area contributed by atoms with E-state index in [1.54, 1.807) is 23.9 Å². The lowest BCUT2D eigenvalue weighted by atomic mass is 9.95. The van der Waals surface area contributed by atoms with Gasteiger partial charge in [0.25, 0.3) is 0 Å². The largest absolute Gasteiger partial charge is 0.505 e. The molecular formula is C21H22N4O4. The standard InChI is InChI=1S/C21H22N4O4/c1-12(2)19(27)29-14-7-9-16(18(26)11-14)24-23-15-8-6-13(10-17(15)25(23)24)22-20(28)21(3,4)5/h6-11,26H,1H2,2-5H3,(H,22,28). The van der Waals surface area contributed by atoms with Gasteiger partial charge < -0.3 is 15.2 Å². The number of rotatable bonds is 4. The molecule has 0 saturated heterocycles. The second-order valence-corrected chi connectivity index (χ2v) is 8.10. The molecule has 2 aromatic carbocycles. The first-order chi connectivity index (χ1) is 13.6. The van der Waals surface area contributed by atoms with Crippen LogP contribution in [-0.4, -0.2) is 31.0 Å². The van der Waals surface area contributed by atoms with Gasteiger partial charge in [-0.2, -0.15) is 0 Å². The first kappa shape index (κ1) is 18.7. The van der Waals surface area contributed by atoms with Crippen molar-refractivity contribution in [3.05, 3.63) is 48.6 Å². The van der Waals surface area contributed by atoms with Gasteiger partial charge in [0.1, 0.15) is 28.2 Å². The minimum atomic E-state index is -0.548. The van der Waals surface area contributed by atoms with E-state index in [4.69, 9.17) is 4.74 Å². The maximum atomic E-state index is 12.2. The highest BCUT2D eigenvalue weighted by Gasteiger charge is 2.27. The number of aromatic hydroxyl groups is 1. The fraction of sp³-hybridized carbons (Fsp3) is 0.238. The number of phenolic OH excluding ortho intramolecular Hbond substituents is 1. The van der Waals surface area contributed by atoms with Crippen molar-refractivity contribution in [3.63, 3.8) is 0 Å². The number of carbonyl (C=O) groups excluding carboxylic acids is 2. The normalized spacial score (nSPS) is 12.0. The average Bonchev–Trinajstić information content (AvgIpc) is 3.27. The molecule has 29 heavy (non-hydrogen) atoms. The number of carbonyl (C=O) groups is 2. The first-order valence-electron chi connectivity index (χ1n) is 9.14. The van der Waals surface area contributed by atoms with Crippen LogP contribution < -0.4 is 10.1 Å². The predicted octanol–water partition coefficient (Wildman–Crippen LogP) is 3.59. The lowest BCUT2D eigenvalue weighted by Gasteiger charge is -2.17. The molecule has 1 amide bonds. The van der Waals surface area contributed by atoms with E-state index in [9.17, 15) is 14.7 Å². The van der Waals surface area contributed by atoms with Crippen molar-refractivity contribution in [3.8, 4) is 17.2 Å². The number of nitrogens with zero attached hydrogens (tertiary/aromatic N) is 3. The van der Waals surface area contributed by atoms with Gasteiger partial charge in [0.2, 0.25) is 5.91 Å². The zero-order valence-electron chi connectivity index (χ0n) is 16.7. The Hall–Kier alpha value is -3.68. The molecule has 0 aliphatic rings. The van der Waals surface area contributed by atoms with Crippen molar-refractivity contribution < 1.29 is 19.4 Å². The van der Waals surface area contributed by atoms with Gasteiger partial charge in [0.05, 0.1) is 0 Å². The van der Waals surface area contributed by atoms with Gasteiger partial charge in [-0.15, -0.1) is 14.1 Å². The minimum Gasteiger partial charge on any atom is -0.505 e. The second-order valence-electron chi connectivity index (χ2n) is 8.10. The van der Waals surface area contributed by atoms with Crippen LogP contribution in [-0.2, 0) is 9.59 Å². The quantitative estimate of drug-likeness (QED) is 0.314. The zero-order chi connectivity index (χ0) is 21.1. The smallest absolute Gasteiger partial charge is 0.338 e. The van der Waals surface area contributed by atoms with E-state index >= 15 is 0 Å². The number of aromatic nitrogens is 3. The van der Waals surface area contributed by atoms with Gasteiger partial charge in [-0.05, 0) is 37.3 Å². The Labute approximate surface area is 166 Å². The summed E-state index contributed by atoms with van der Waals surface area (Å²) >= 11 is 0. The lowest BCUT2D eigenvalue weighted by Crippen LogP contribution is -2.27. The van der Waals surface area contributed by atoms with Crippen LogP contribution in [0.5, 0.6) is 11.5 Å². The van der Waals surface area contributed by atoms with Gasteiger partial charge >= 0.3 is 5.97 Å². The molecule has 150 valence electrons. The van der Waals surface area contributed by atoms with Crippen LogP contribution in [0.3, 0.4) is 0 Å². The Balaban J connectivity index is 1.61. The van der Waals surface area contributed by atoms with Gasteiger partial charge in [0, 0.05) is 22.7 Å². The first-order valence-corrected chi connectivity index (χ1v) is 9.14. The Morgan fingerprint density at radius 1 is 1.07 bits per heavy atom. The fourth-order valence-electron chi connectivity index (χ4n) is 2.87. The molecule has 0 spiro atoms. The molecule has 0 aliphatic carbocycles. The number of hydrogen-bond acceptors (Lipinski definition) is 4. The van der Waals surface area contributed by atoms with E-state index in [2.05, 4.69) is 11.9 Å². The monoisotopic (exact) mass is 394 g/mol. The van der Waals surface area contributed by atoms with E-state index < -0.39 is 11.4 Å². The van der Waals surface area contributed by atoms with Gasteiger partial charge in [-0.3, -0.25) is 4.79 Å². The van der Waals surface area contributed by atoms with Gasteiger partial charge in [-0.25, -0.2) is 4.79 Å². The SMILES string of the molecule is C=C(C)C(=O)Oc1ccc(-n2n3c4ccc(NC(=O)C(C)(C)C)cc4n23)c(O)c1. The molecule has 8 nitrogen and oxygen atoms in total. The Morgan fingerprint density at radius 3 is 2.38 bits per heavy atom. The van der Waals surface area contributed by atoms with Crippen LogP contribution in [0.15, 0.2) is 48.6 Å². The van der Waals surface area contributed by atoms with Crippen molar-refractivity contribution in [1.29, 1.82) is 0 Å². The summed E-state index contributed by atoms with van der Waals surface area (Å²) < 4.78 is 8.87. The number of fused-ring (bicyclic) bond motifs is 4. The Morgan fingerprint density at radius 2 is 1.76 bits per heavy atom. The molecular weight excluding hydrogens is 372 g/mol. The highest BCUT2D eigenvalue weighted by molar-refractivity contribution is 5.96. The molecule has 0 unspecified atom stereocenters. The number of amides is 1. The molecule has 0 atom stereocenters. The molecule has 2 N–H and O–H groups in total. The molecule has 2 aromatic heterocycles. The van der Waals surface area contributed by atoms with Gasteiger partial charge in [-0.1, -0.05) is 27.4 Å². The summed E-state index contributed by atoms with van der Waals surface area (Å²) in [5.74, 6) is -0.399. The molecule has 0 bridgehead atoms. The number of nitrogens with one attached hydrogen (secondary N) is 1. The maximum absolute atomic E-state index is 12.2. The van der Waals surface area contributed by atoms with Gasteiger partial charge in [0.15, 0.2) is 0 Å². The summed E-state index contributed by atoms with van der Waals surface area (Å²) in [4.78, 5) is 25.6. The molecule has 0 radical (unpaired) electrons. The van der Waals surface area contributed by atoms with Crippen LogP contribution in [0, 0.1) is 5.41 Å². The second kappa shape index (κ2) is 6.16. The Kier molecular flexibility index (Phi) is 3.97. The molecule has 0 fully saturated rings. The zero-order valence-corrected chi connectivity index (χ0v) is 16.7. The van der Waals surface area contributed by atoms with Crippen molar-refractivity contribution in [2.24, 2.45) is 5.41 Å². The third-order valence-corrected chi connectivity index (χ3v) is 4.57. The number of anilines is 1. The summed E-state index contributed by atoms with van der Waals surface area (Å²) in [6.07, 6.45) is 0. The van der Waals surface area contributed by atoms with E-state index in [-0.39, 0.29) is 23.0 Å². The number of esters is 1. The number of ether oxygens (including phenoxy) is 1. The fourth-order valence-corrected chi connectivity index (χ4v) is 2.87. The van der Waals surface area contributed by atoms with E-state index in [0.29, 0.717) is 11.4 Å². The average molecular weight is 394 g/mol. The molecule has 0 aliphatic heterocycles.